The fraction of sp³-hybridized carbons (Fsp3) is 0.625. The van der Waals surface area contributed by atoms with Crippen LogP contribution in [-0.4, -0.2) is 12.2 Å². The first-order chi connectivity index (χ1) is 9.59. The van der Waals surface area contributed by atoms with Crippen molar-refractivity contribution < 1.29 is 4.74 Å². The van der Waals surface area contributed by atoms with Gasteiger partial charge in [-0.3, -0.25) is 0 Å². The van der Waals surface area contributed by atoms with Crippen LogP contribution in [0.15, 0.2) is 18.2 Å². The summed E-state index contributed by atoms with van der Waals surface area (Å²) in [6.45, 7) is 2.73. The van der Waals surface area contributed by atoms with Gasteiger partial charge in [-0.25, -0.2) is 0 Å². The molecule has 0 aromatic heterocycles. The highest BCUT2D eigenvalue weighted by Crippen LogP contribution is 2.40. The molecule has 2 rings (SSSR count). The fourth-order valence-electron chi connectivity index (χ4n) is 3.17. The van der Waals surface area contributed by atoms with Crippen LogP contribution in [0, 0.1) is 0 Å². The quantitative estimate of drug-likeness (QED) is 0.782. The van der Waals surface area contributed by atoms with Gasteiger partial charge in [-0.15, -0.1) is 0 Å². The Labute approximate surface area is 131 Å². The number of hydrogen-bond acceptors (Lipinski definition) is 2. The van der Waals surface area contributed by atoms with Crippen LogP contribution in [0.25, 0.3) is 0 Å². The Balaban J connectivity index is 2.29. The molecule has 4 heteroatoms. The van der Waals surface area contributed by atoms with Crippen LogP contribution < -0.4 is 5.73 Å². The number of nitrogens with two attached hydrogens (primary N) is 1. The molecule has 1 atom stereocenters. The number of ether oxygens (including phenoxy) is 1. The van der Waals surface area contributed by atoms with Crippen molar-refractivity contribution in [3.05, 3.63) is 33.8 Å². The summed E-state index contributed by atoms with van der Waals surface area (Å²) in [6.07, 6.45) is 6.92. The van der Waals surface area contributed by atoms with E-state index in [1.54, 1.807) is 0 Å². The molecule has 0 aliphatic heterocycles. The maximum Gasteiger partial charge on any atom is 0.0874 e. The Kier molecular flexibility index (Phi) is 5.74. The van der Waals surface area contributed by atoms with Crippen LogP contribution in [0.3, 0.4) is 0 Å². The van der Waals surface area contributed by atoms with Crippen molar-refractivity contribution in [2.24, 2.45) is 5.73 Å². The van der Waals surface area contributed by atoms with E-state index >= 15 is 0 Å². The van der Waals surface area contributed by atoms with Gasteiger partial charge in [0.1, 0.15) is 0 Å². The van der Waals surface area contributed by atoms with E-state index in [0.717, 1.165) is 18.4 Å². The second-order valence-corrected chi connectivity index (χ2v) is 6.38. The lowest BCUT2D eigenvalue weighted by atomic mass is 9.82. The van der Waals surface area contributed by atoms with E-state index in [-0.39, 0.29) is 11.6 Å². The Bertz CT molecular complexity index is 442. The van der Waals surface area contributed by atoms with Crippen molar-refractivity contribution >= 4 is 23.2 Å². The predicted molar refractivity (Wildman–Crippen MR) is 85.4 cm³/mol. The summed E-state index contributed by atoms with van der Waals surface area (Å²) in [7, 11) is 0. The molecule has 2 N–H and O–H groups in total. The Hall–Kier alpha value is -0.280. The SMILES string of the molecule is CCOC1(C(N)c2ccc(Cl)c(Cl)c2)CCCCCC1. The molecule has 0 amide bonds. The highest BCUT2D eigenvalue weighted by Gasteiger charge is 2.38. The van der Waals surface area contributed by atoms with Gasteiger partial charge in [-0.1, -0.05) is 55.0 Å². The van der Waals surface area contributed by atoms with Crippen LogP contribution in [0.2, 0.25) is 10.0 Å². The maximum absolute atomic E-state index is 6.55. The Morgan fingerprint density at radius 1 is 1.15 bits per heavy atom. The topological polar surface area (TPSA) is 35.2 Å². The smallest absolute Gasteiger partial charge is 0.0874 e. The third kappa shape index (κ3) is 3.48. The monoisotopic (exact) mass is 315 g/mol. The van der Waals surface area contributed by atoms with Gasteiger partial charge in [0.25, 0.3) is 0 Å². The van der Waals surface area contributed by atoms with Gasteiger partial charge in [-0.2, -0.15) is 0 Å². The molecule has 20 heavy (non-hydrogen) atoms. The summed E-state index contributed by atoms with van der Waals surface area (Å²) >= 11 is 12.1. The molecule has 1 saturated carbocycles. The van der Waals surface area contributed by atoms with Crippen molar-refractivity contribution in [3.8, 4) is 0 Å². The molecule has 0 spiro atoms. The van der Waals surface area contributed by atoms with Crippen molar-refractivity contribution in [2.45, 2.75) is 57.1 Å². The lowest BCUT2D eigenvalue weighted by Gasteiger charge is -2.38. The molecule has 0 radical (unpaired) electrons. The first kappa shape index (κ1) is 16.1. The molecular formula is C16H23Cl2NO. The van der Waals surface area contributed by atoms with Gasteiger partial charge in [-0.05, 0) is 37.5 Å². The Morgan fingerprint density at radius 3 is 2.35 bits per heavy atom. The van der Waals surface area contributed by atoms with Crippen LogP contribution in [0.4, 0.5) is 0 Å². The molecule has 2 nitrogen and oxygen atoms in total. The second kappa shape index (κ2) is 7.13. The molecule has 0 saturated heterocycles. The Morgan fingerprint density at radius 2 is 1.80 bits per heavy atom. The van der Waals surface area contributed by atoms with E-state index in [9.17, 15) is 0 Å². The third-order valence-corrected chi connectivity index (χ3v) is 4.99. The number of halogens is 2. The number of benzene rings is 1. The van der Waals surface area contributed by atoms with Crippen LogP contribution in [-0.2, 0) is 4.74 Å². The summed E-state index contributed by atoms with van der Waals surface area (Å²) in [4.78, 5) is 0. The van der Waals surface area contributed by atoms with E-state index in [0.29, 0.717) is 16.7 Å². The van der Waals surface area contributed by atoms with Gasteiger partial charge >= 0.3 is 0 Å². The first-order valence-electron chi connectivity index (χ1n) is 7.43. The lowest BCUT2D eigenvalue weighted by molar-refractivity contribution is -0.0695. The van der Waals surface area contributed by atoms with E-state index in [4.69, 9.17) is 33.7 Å². The largest absolute Gasteiger partial charge is 0.373 e. The molecule has 1 fully saturated rings. The zero-order valence-electron chi connectivity index (χ0n) is 12.0. The van der Waals surface area contributed by atoms with Crippen molar-refractivity contribution in [3.63, 3.8) is 0 Å². The molecule has 1 aliphatic rings. The second-order valence-electron chi connectivity index (χ2n) is 5.56. The zero-order chi connectivity index (χ0) is 14.6. The van der Waals surface area contributed by atoms with Gasteiger partial charge in [0.15, 0.2) is 0 Å². The van der Waals surface area contributed by atoms with Crippen molar-refractivity contribution in [1.29, 1.82) is 0 Å². The standard InChI is InChI=1S/C16H23Cl2NO/c1-2-20-16(9-5-3-4-6-10-16)15(19)12-7-8-13(17)14(18)11-12/h7-8,11,15H,2-6,9-10,19H2,1H3. The highest BCUT2D eigenvalue weighted by atomic mass is 35.5. The molecular weight excluding hydrogens is 293 g/mol. The van der Waals surface area contributed by atoms with Crippen molar-refractivity contribution in [2.75, 3.05) is 6.61 Å². The van der Waals surface area contributed by atoms with Crippen LogP contribution >= 0.6 is 23.2 Å². The summed E-state index contributed by atoms with van der Waals surface area (Å²) in [5, 5.41) is 1.12. The molecule has 112 valence electrons. The summed E-state index contributed by atoms with van der Waals surface area (Å²) in [5.41, 5.74) is 7.30. The maximum atomic E-state index is 6.55. The van der Waals surface area contributed by atoms with E-state index in [1.165, 1.54) is 25.7 Å². The van der Waals surface area contributed by atoms with Gasteiger partial charge in [0.2, 0.25) is 0 Å². The van der Waals surface area contributed by atoms with E-state index < -0.39 is 0 Å². The van der Waals surface area contributed by atoms with Gasteiger partial charge < -0.3 is 10.5 Å². The molecule has 1 unspecified atom stereocenters. The van der Waals surface area contributed by atoms with E-state index in [2.05, 4.69) is 0 Å². The summed E-state index contributed by atoms with van der Waals surface area (Å²) in [5.74, 6) is 0. The summed E-state index contributed by atoms with van der Waals surface area (Å²) in [6, 6.07) is 5.50. The van der Waals surface area contributed by atoms with Crippen LogP contribution in [0.5, 0.6) is 0 Å². The van der Waals surface area contributed by atoms with Gasteiger partial charge in [0.05, 0.1) is 21.7 Å². The number of rotatable bonds is 4. The molecule has 1 aliphatic carbocycles. The van der Waals surface area contributed by atoms with Crippen molar-refractivity contribution in [1.82, 2.24) is 0 Å². The normalized spacial score (nSPS) is 20.4. The minimum absolute atomic E-state index is 0.157. The molecule has 0 heterocycles. The minimum atomic E-state index is -0.261. The first-order valence-corrected chi connectivity index (χ1v) is 8.19. The molecule has 0 bridgehead atoms. The highest BCUT2D eigenvalue weighted by molar-refractivity contribution is 6.42. The average molecular weight is 316 g/mol. The summed E-state index contributed by atoms with van der Waals surface area (Å²) < 4.78 is 6.14. The van der Waals surface area contributed by atoms with Crippen LogP contribution in [0.1, 0.15) is 57.1 Å². The predicted octanol–water partition coefficient (Wildman–Crippen LogP) is 5.12. The molecule has 1 aromatic carbocycles. The number of hydrogen-bond donors (Lipinski definition) is 1. The van der Waals surface area contributed by atoms with E-state index in [1.807, 2.05) is 25.1 Å². The third-order valence-electron chi connectivity index (χ3n) is 4.25. The average Bonchev–Trinajstić information content (AvgIpc) is 2.68. The lowest BCUT2D eigenvalue weighted by Crippen LogP contribution is -2.43. The zero-order valence-corrected chi connectivity index (χ0v) is 13.5. The van der Waals surface area contributed by atoms with Gasteiger partial charge in [0, 0.05) is 6.61 Å². The fourth-order valence-corrected chi connectivity index (χ4v) is 3.48. The minimum Gasteiger partial charge on any atom is -0.373 e. The molecule has 1 aromatic rings.